The van der Waals surface area contributed by atoms with E-state index in [4.69, 9.17) is 15.5 Å². The molecule has 0 fully saturated rings. The van der Waals surface area contributed by atoms with Crippen LogP contribution in [0, 0.1) is 0 Å². The first-order valence-electron chi connectivity index (χ1n) is 14.3. The molecule has 11 heteroatoms. The van der Waals surface area contributed by atoms with Crippen LogP contribution in [0.4, 0.5) is 5.69 Å². The predicted molar refractivity (Wildman–Crippen MR) is 216 cm³/mol. The first-order valence-corrected chi connectivity index (χ1v) is 18.9. The lowest BCUT2D eigenvalue weighted by atomic mass is 9.95. The Morgan fingerprint density at radius 2 is 1.71 bits per heavy atom. The minimum absolute atomic E-state index is 0.222. The number of hydrogen-bond acceptors (Lipinski definition) is 8. The molecule has 1 atom stereocenters. The van der Waals surface area contributed by atoms with Gasteiger partial charge in [-0.1, -0.05) is 98.3 Å². The quantitative estimate of drug-likeness (QED) is 0.102. The number of unbranched alkanes of at least 4 members (excludes halogenated alkanes) is 1. The standard InChI is InChI=1S/C23H22BrN3O3S3.C6H5Br.C5H4.C4H4/c1-3-5-12-33(29)23-18(25)16-15(13-6-8-14(24)9-7-13)17(22(28)30-4-2)19(27-20(16)32-23)21-26-10-11-31-21;1-3-4-5-6(2)7;1-3-5-4-2;1-3-4-2/h6-11H,3-5,12,25H2,1-2H3;5H,1-2H2;1-2H2;1-2H2. The summed E-state index contributed by atoms with van der Waals surface area (Å²) in [5.74, 6) is 0.0415. The van der Waals surface area contributed by atoms with E-state index < -0.39 is 16.8 Å². The minimum atomic E-state index is -1.24. The minimum Gasteiger partial charge on any atom is -0.462 e. The van der Waals surface area contributed by atoms with E-state index in [-0.39, 0.29) is 6.61 Å². The number of hydrogen-bond donors (Lipinski definition) is 1. The van der Waals surface area contributed by atoms with E-state index in [1.54, 1.807) is 19.2 Å². The van der Waals surface area contributed by atoms with E-state index in [1.165, 1.54) is 22.7 Å². The molecule has 0 amide bonds. The first kappa shape index (κ1) is 42.8. The van der Waals surface area contributed by atoms with Crippen LogP contribution in [0.1, 0.15) is 37.0 Å². The van der Waals surface area contributed by atoms with Crippen molar-refractivity contribution in [2.24, 2.45) is 0 Å². The summed E-state index contributed by atoms with van der Waals surface area (Å²) in [6, 6.07) is 7.64. The van der Waals surface area contributed by atoms with Gasteiger partial charge in [0.15, 0.2) is 0 Å². The zero-order valence-corrected chi connectivity index (χ0v) is 32.9. The van der Waals surface area contributed by atoms with Gasteiger partial charge in [0.25, 0.3) is 0 Å². The summed E-state index contributed by atoms with van der Waals surface area (Å²) in [7, 11) is -1.24. The monoisotopic (exact) mass is 835 g/mol. The summed E-state index contributed by atoms with van der Waals surface area (Å²) < 4.78 is 20.8. The molecule has 0 aliphatic carbocycles. The van der Waals surface area contributed by atoms with Crippen molar-refractivity contribution in [2.45, 2.75) is 30.9 Å². The van der Waals surface area contributed by atoms with Crippen LogP contribution in [0.2, 0.25) is 0 Å². The molecule has 2 N–H and O–H groups in total. The normalized spacial score (nSPS) is 9.63. The molecule has 6 nitrogen and oxygen atoms in total. The van der Waals surface area contributed by atoms with E-state index in [9.17, 15) is 9.00 Å². The highest BCUT2D eigenvalue weighted by Gasteiger charge is 2.29. The van der Waals surface area contributed by atoms with Crippen LogP contribution in [0.3, 0.4) is 0 Å². The van der Waals surface area contributed by atoms with E-state index in [0.29, 0.717) is 47.7 Å². The molecule has 0 bridgehead atoms. The fraction of sp³-hybridized carbons (Fsp3) is 0.158. The third-order valence-electron chi connectivity index (χ3n) is 5.61. The summed E-state index contributed by atoms with van der Waals surface area (Å²) in [4.78, 5) is 23.1. The number of ether oxygens (including phenoxy) is 1. The molecular weight excluding hydrogens is 802 g/mol. The van der Waals surface area contributed by atoms with E-state index in [0.717, 1.165) is 27.4 Å². The van der Waals surface area contributed by atoms with Crippen molar-refractivity contribution in [2.75, 3.05) is 18.1 Å². The summed E-state index contributed by atoms with van der Waals surface area (Å²) in [5.41, 5.74) is 26.0. The van der Waals surface area contributed by atoms with E-state index >= 15 is 0 Å². The van der Waals surface area contributed by atoms with Crippen LogP contribution < -0.4 is 5.73 Å². The number of benzene rings is 1. The van der Waals surface area contributed by atoms with Gasteiger partial charge in [0.1, 0.15) is 19.7 Å². The maximum Gasteiger partial charge on any atom is 0.341 e. The maximum absolute atomic E-state index is 13.3. The summed E-state index contributed by atoms with van der Waals surface area (Å²) >= 11 is 9.28. The second-order valence-electron chi connectivity index (χ2n) is 8.91. The number of carbonyl (C=O) groups excluding carboxylic acids is 1. The van der Waals surface area contributed by atoms with Crippen LogP contribution >= 0.6 is 54.5 Å². The van der Waals surface area contributed by atoms with Gasteiger partial charge in [-0.15, -0.1) is 22.7 Å². The molecule has 3 heterocycles. The third-order valence-corrected chi connectivity index (χ3v) is 10.1. The topological polar surface area (TPSA) is 95.2 Å². The number of halogens is 2. The maximum atomic E-state index is 13.3. The highest BCUT2D eigenvalue weighted by Crippen LogP contribution is 2.46. The van der Waals surface area contributed by atoms with Crippen LogP contribution in [0.25, 0.3) is 32.0 Å². The Balaban J connectivity index is 0.000000625. The SMILES string of the molecule is C=C=C=C.C=C=C=C=C.C=C=C=CC(=C)Br.CCCCS(=O)c1sc2nc(-c3nccs3)c(C(=O)OCC)c(-c3ccc(Br)cc3)c2c1N. The van der Waals surface area contributed by atoms with Crippen LogP contribution in [-0.2, 0) is 15.5 Å². The lowest BCUT2D eigenvalue weighted by Gasteiger charge is -2.15. The molecule has 0 saturated carbocycles. The number of fused-ring (bicyclic) bond motifs is 1. The highest BCUT2D eigenvalue weighted by atomic mass is 79.9. The fourth-order valence-corrected chi connectivity index (χ4v) is 7.46. The molecule has 0 radical (unpaired) electrons. The molecule has 252 valence electrons. The van der Waals surface area contributed by atoms with Crippen molar-refractivity contribution < 1.29 is 13.7 Å². The Morgan fingerprint density at radius 1 is 1.06 bits per heavy atom. The van der Waals surface area contributed by atoms with Crippen molar-refractivity contribution in [1.82, 2.24) is 9.97 Å². The number of nitrogens with two attached hydrogens (primary N) is 1. The van der Waals surface area contributed by atoms with Crippen LogP contribution in [0.15, 0.2) is 135 Å². The van der Waals surface area contributed by atoms with Gasteiger partial charge in [-0.25, -0.2) is 14.8 Å². The number of esters is 1. The van der Waals surface area contributed by atoms with Crippen molar-refractivity contribution >= 4 is 87.2 Å². The average Bonchev–Trinajstić information content (AvgIpc) is 3.75. The number of pyridine rings is 1. The third kappa shape index (κ3) is 13.7. The molecule has 3 aromatic heterocycles. The Hall–Kier alpha value is -4.24. The van der Waals surface area contributed by atoms with Gasteiger partial charge >= 0.3 is 5.97 Å². The molecular formula is C38H35Br2N3O3S3. The second-order valence-corrected chi connectivity index (χ2v) is 14.5. The number of thiazole rings is 1. The van der Waals surface area contributed by atoms with Crippen LogP contribution in [0.5, 0.6) is 0 Å². The first-order chi connectivity index (χ1) is 23.6. The Kier molecular flexibility index (Phi) is 20.9. The van der Waals surface area contributed by atoms with Gasteiger partial charge in [-0.3, -0.25) is 4.21 Å². The van der Waals surface area contributed by atoms with Gasteiger partial charge in [0, 0.05) is 43.3 Å². The number of anilines is 1. The highest BCUT2D eigenvalue weighted by molar-refractivity contribution is 9.11. The number of nitrogens with zero attached hydrogens (tertiary/aromatic N) is 2. The Morgan fingerprint density at radius 3 is 2.16 bits per heavy atom. The van der Waals surface area contributed by atoms with Gasteiger partial charge in [-0.2, -0.15) is 0 Å². The van der Waals surface area contributed by atoms with Crippen molar-refractivity contribution in [3.8, 4) is 21.8 Å². The lowest BCUT2D eigenvalue weighted by molar-refractivity contribution is 0.0528. The van der Waals surface area contributed by atoms with Crippen molar-refractivity contribution in [3.63, 3.8) is 0 Å². The molecule has 0 saturated heterocycles. The lowest BCUT2D eigenvalue weighted by Crippen LogP contribution is -2.10. The van der Waals surface area contributed by atoms with Crippen LogP contribution in [-0.4, -0.2) is 32.5 Å². The number of aromatic nitrogens is 2. The van der Waals surface area contributed by atoms with Gasteiger partial charge < -0.3 is 10.5 Å². The largest absolute Gasteiger partial charge is 0.462 e. The van der Waals surface area contributed by atoms with Crippen molar-refractivity contribution in [3.05, 3.63) is 136 Å². The Labute approximate surface area is 315 Å². The van der Waals surface area contributed by atoms with Gasteiger partial charge in [-0.05, 0) is 69.7 Å². The van der Waals surface area contributed by atoms with Gasteiger partial charge in [0.2, 0.25) is 0 Å². The zero-order valence-electron chi connectivity index (χ0n) is 27.3. The summed E-state index contributed by atoms with van der Waals surface area (Å²) in [6.07, 6.45) is 5.10. The second kappa shape index (κ2) is 24.0. The number of nitrogen functional groups attached to an aromatic ring is 1. The zero-order chi connectivity index (χ0) is 36.8. The Bertz CT molecular complexity index is 2020. The number of allylic oxidation sites excluding steroid dienone is 2. The summed E-state index contributed by atoms with van der Waals surface area (Å²) in [6.45, 7) is 23.7. The molecule has 4 aromatic rings. The molecule has 0 spiro atoms. The number of thiophene rings is 1. The molecule has 49 heavy (non-hydrogen) atoms. The smallest absolute Gasteiger partial charge is 0.341 e. The van der Waals surface area contributed by atoms with E-state index in [2.05, 4.69) is 123 Å². The van der Waals surface area contributed by atoms with Gasteiger partial charge in [0.05, 0.1) is 28.7 Å². The summed E-state index contributed by atoms with van der Waals surface area (Å²) in [5, 5.41) is 3.08. The fourth-order valence-electron chi connectivity index (χ4n) is 3.66. The average molecular weight is 838 g/mol. The predicted octanol–water partition coefficient (Wildman–Crippen LogP) is 11.3. The number of carbonyl (C=O) groups is 1. The number of rotatable bonds is 9. The molecule has 4 rings (SSSR count). The van der Waals surface area contributed by atoms with E-state index in [1.807, 2.05) is 29.6 Å². The molecule has 1 unspecified atom stereocenters. The molecule has 1 aromatic carbocycles. The van der Waals surface area contributed by atoms with Crippen molar-refractivity contribution in [1.29, 1.82) is 0 Å². The molecule has 0 aliphatic heterocycles. The molecule has 0 aliphatic rings.